The van der Waals surface area contributed by atoms with Crippen molar-refractivity contribution in [1.29, 1.82) is 0 Å². The SMILES string of the molecule is CN=C(Nc1ccc2occc2c1)N[C@H]1CCCCN(CC(=O)N2CCCC2)C1=O. The number of benzene rings is 1. The number of nitrogens with zero attached hydrogens (tertiary/aromatic N) is 3. The predicted molar refractivity (Wildman–Crippen MR) is 116 cm³/mol. The van der Waals surface area contributed by atoms with E-state index in [1.807, 2.05) is 29.2 Å². The molecule has 8 heteroatoms. The first-order valence-electron chi connectivity index (χ1n) is 10.7. The van der Waals surface area contributed by atoms with Crippen molar-refractivity contribution in [3.8, 4) is 0 Å². The van der Waals surface area contributed by atoms with Crippen molar-refractivity contribution >= 4 is 34.4 Å². The third kappa shape index (κ3) is 4.58. The Balaban J connectivity index is 1.40. The van der Waals surface area contributed by atoms with E-state index in [-0.39, 0.29) is 18.4 Å². The highest BCUT2D eigenvalue weighted by atomic mass is 16.3. The zero-order valence-corrected chi connectivity index (χ0v) is 17.4. The van der Waals surface area contributed by atoms with Crippen molar-refractivity contribution in [2.45, 2.75) is 38.1 Å². The molecule has 1 aromatic carbocycles. The summed E-state index contributed by atoms with van der Waals surface area (Å²) < 4.78 is 5.38. The van der Waals surface area contributed by atoms with Gasteiger partial charge in [0.25, 0.3) is 0 Å². The summed E-state index contributed by atoms with van der Waals surface area (Å²) in [5.74, 6) is 0.551. The van der Waals surface area contributed by atoms with Crippen LogP contribution in [0, 0.1) is 0 Å². The Labute approximate surface area is 176 Å². The first kappa shape index (κ1) is 20.3. The molecule has 4 rings (SSSR count). The molecule has 2 fully saturated rings. The summed E-state index contributed by atoms with van der Waals surface area (Å²) in [5, 5.41) is 7.50. The standard InChI is InChI=1S/C22H29N5O3/c1-23-22(24-17-7-8-19-16(14-17)9-13-30-19)25-18-6-2-3-12-27(21(18)29)15-20(28)26-10-4-5-11-26/h7-9,13-14,18H,2-6,10-12,15H2,1H3,(H2,23,24,25)/t18-/m0/s1. The second kappa shape index (κ2) is 9.19. The molecule has 0 saturated carbocycles. The minimum absolute atomic E-state index is 0.0340. The Hall–Kier alpha value is -3.03. The van der Waals surface area contributed by atoms with Gasteiger partial charge in [0, 0.05) is 37.8 Å². The summed E-state index contributed by atoms with van der Waals surface area (Å²) in [6, 6.07) is 7.28. The van der Waals surface area contributed by atoms with E-state index in [2.05, 4.69) is 15.6 Å². The third-order valence-corrected chi connectivity index (χ3v) is 5.82. The molecule has 8 nitrogen and oxygen atoms in total. The Kier molecular flexibility index (Phi) is 6.21. The van der Waals surface area contributed by atoms with Gasteiger partial charge >= 0.3 is 0 Å². The van der Waals surface area contributed by atoms with Crippen molar-refractivity contribution in [3.63, 3.8) is 0 Å². The van der Waals surface area contributed by atoms with E-state index in [9.17, 15) is 9.59 Å². The zero-order valence-electron chi connectivity index (χ0n) is 17.4. The lowest BCUT2D eigenvalue weighted by atomic mass is 10.1. The molecule has 2 amide bonds. The van der Waals surface area contributed by atoms with Crippen LogP contribution in [0.4, 0.5) is 5.69 Å². The van der Waals surface area contributed by atoms with Crippen LogP contribution in [0.2, 0.25) is 0 Å². The fourth-order valence-corrected chi connectivity index (χ4v) is 4.13. The molecule has 160 valence electrons. The molecule has 2 aromatic rings. The zero-order chi connectivity index (χ0) is 20.9. The number of carbonyl (C=O) groups is 2. The lowest BCUT2D eigenvalue weighted by Gasteiger charge is -2.27. The molecule has 0 bridgehead atoms. The number of carbonyl (C=O) groups excluding carboxylic acids is 2. The Morgan fingerprint density at radius 2 is 1.97 bits per heavy atom. The molecule has 2 aliphatic rings. The van der Waals surface area contributed by atoms with Crippen LogP contribution in [-0.2, 0) is 9.59 Å². The van der Waals surface area contributed by atoms with Gasteiger partial charge in [-0.05, 0) is 56.4 Å². The molecule has 0 unspecified atom stereocenters. The molecular weight excluding hydrogens is 382 g/mol. The molecular formula is C22H29N5O3. The molecule has 0 radical (unpaired) electrons. The van der Waals surface area contributed by atoms with Gasteiger partial charge in [-0.25, -0.2) is 0 Å². The van der Waals surface area contributed by atoms with Gasteiger partial charge in [0.05, 0.1) is 12.8 Å². The van der Waals surface area contributed by atoms with Gasteiger partial charge in [-0.15, -0.1) is 0 Å². The van der Waals surface area contributed by atoms with E-state index in [0.29, 0.717) is 18.9 Å². The Morgan fingerprint density at radius 1 is 1.17 bits per heavy atom. The van der Waals surface area contributed by atoms with Gasteiger partial charge in [0.2, 0.25) is 11.8 Å². The monoisotopic (exact) mass is 411 g/mol. The number of anilines is 1. The van der Waals surface area contributed by atoms with E-state index >= 15 is 0 Å². The Bertz CT molecular complexity index is 932. The van der Waals surface area contributed by atoms with Gasteiger partial charge in [0.15, 0.2) is 5.96 Å². The number of furan rings is 1. The van der Waals surface area contributed by atoms with Gasteiger partial charge in [0.1, 0.15) is 11.6 Å². The minimum Gasteiger partial charge on any atom is -0.464 e. The van der Waals surface area contributed by atoms with E-state index in [1.54, 1.807) is 18.2 Å². The van der Waals surface area contributed by atoms with Gasteiger partial charge in [-0.1, -0.05) is 0 Å². The summed E-state index contributed by atoms with van der Waals surface area (Å²) in [6.45, 7) is 2.40. The maximum atomic E-state index is 13.1. The lowest BCUT2D eigenvalue weighted by Crippen LogP contribution is -2.51. The summed E-state index contributed by atoms with van der Waals surface area (Å²) in [6.07, 6.45) is 6.31. The van der Waals surface area contributed by atoms with Crippen LogP contribution in [0.1, 0.15) is 32.1 Å². The maximum Gasteiger partial charge on any atom is 0.245 e. The quantitative estimate of drug-likeness (QED) is 0.596. The molecule has 2 saturated heterocycles. The summed E-state index contributed by atoms with van der Waals surface area (Å²) in [4.78, 5) is 33.5. The smallest absolute Gasteiger partial charge is 0.245 e. The maximum absolute atomic E-state index is 13.1. The number of nitrogens with one attached hydrogen (secondary N) is 2. The molecule has 0 spiro atoms. The summed E-state index contributed by atoms with van der Waals surface area (Å²) in [5.41, 5.74) is 1.68. The van der Waals surface area contributed by atoms with E-state index < -0.39 is 6.04 Å². The molecule has 1 aromatic heterocycles. The first-order chi connectivity index (χ1) is 14.6. The molecule has 2 N–H and O–H groups in total. The van der Waals surface area contributed by atoms with Crippen LogP contribution >= 0.6 is 0 Å². The lowest BCUT2D eigenvalue weighted by molar-refractivity contribution is -0.140. The van der Waals surface area contributed by atoms with Gasteiger partial charge in [-0.2, -0.15) is 0 Å². The predicted octanol–water partition coefficient (Wildman–Crippen LogP) is 2.42. The van der Waals surface area contributed by atoms with Crippen LogP contribution in [-0.4, -0.2) is 66.8 Å². The average Bonchev–Trinajstić information content (AvgIpc) is 3.42. The van der Waals surface area contributed by atoms with Crippen molar-refractivity contribution < 1.29 is 14.0 Å². The second-order valence-electron chi connectivity index (χ2n) is 7.91. The molecule has 1 atom stereocenters. The number of rotatable bonds is 4. The van der Waals surface area contributed by atoms with Gasteiger partial charge < -0.3 is 24.9 Å². The highest BCUT2D eigenvalue weighted by Crippen LogP contribution is 2.20. The van der Waals surface area contributed by atoms with E-state index in [0.717, 1.165) is 55.4 Å². The van der Waals surface area contributed by atoms with Crippen molar-refractivity contribution in [3.05, 3.63) is 30.5 Å². The molecule has 0 aliphatic carbocycles. The number of hydrogen-bond acceptors (Lipinski definition) is 4. The highest BCUT2D eigenvalue weighted by molar-refractivity contribution is 5.98. The second-order valence-corrected chi connectivity index (χ2v) is 7.91. The number of fused-ring (bicyclic) bond motifs is 1. The normalized spacial score (nSPS) is 20.5. The average molecular weight is 412 g/mol. The van der Waals surface area contributed by atoms with Crippen molar-refractivity contribution in [1.82, 2.24) is 15.1 Å². The van der Waals surface area contributed by atoms with Crippen LogP contribution in [0.5, 0.6) is 0 Å². The van der Waals surface area contributed by atoms with Crippen LogP contribution in [0.15, 0.2) is 39.9 Å². The Morgan fingerprint density at radius 3 is 2.77 bits per heavy atom. The number of likely N-dealkylation sites (tertiary alicyclic amines) is 2. The van der Waals surface area contributed by atoms with Crippen LogP contribution in [0.3, 0.4) is 0 Å². The number of hydrogen-bond donors (Lipinski definition) is 2. The van der Waals surface area contributed by atoms with Gasteiger partial charge in [-0.3, -0.25) is 14.6 Å². The number of amides is 2. The summed E-state index contributed by atoms with van der Waals surface area (Å²) in [7, 11) is 1.68. The van der Waals surface area contributed by atoms with E-state index in [1.165, 1.54) is 0 Å². The fourth-order valence-electron chi connectivity index (χ4n) is 4.13. The first-order valence-corrected chi connectivity index (χ1v) is 10.7. The minimum atomic E-state index is -0.400. The largest absolute Gasteiger partial charge is 0.464 e. The molecule has 3 heterocycles. The molecule has 30 heavy (non-hydrogen) atoms. The van der Waals surface area contributed by atoms with Crippen molar-refractivity contribution in [2.75, 3.05) is 38.5 Å². The fraction of sp³-hybridized carbons (Fsp3) is 0.500. The molecule has 2 aliphatic heterocycles. The van der Waals surface area contributed by atoms with E-state index in [4.69, 9.17) is 4.42 Å². The highest BCUT2D eigenvalue weighted by Gasteiger charge is 2.30. The number of aliphatic imine (C=N–C) groups is 1. The third-order valence-electron chi connectivity index (χ3n) is 5.82. The van der Waals surface area contributed by atoms with Crippen LogP contribution < -0.4 is 10.6 Å². The van der Waals surface area contributed by atoms with Crippen LogP contribution in [0.25, 0.3) is 11.0 Å². The summed E-state index contributed by atoms with van der Waals surface area (Å²) >= 11 is 0. The number of guanidine groups is 1. The topological polar surface area (TPSA) is 90.2 Å². The van der Waals surface area contributed by atoms with Crippen molar-refractivity contribution in [2.24, 2.45) is 4.99 Å².